The van der Waals surface area contributed by atoms with Crippen LogP contribution < -0.4 is 5.69 Å². The summed E-state index contributed by atoms with van der Waals surface area (Å²) < 4.78 is 9.55. The predicted octanol–water partition coefficient (Wildman–Crippen LogP) is 11.6. The van der Waals surface area contributed by atoms with Crippen molar-refractivity contribution in [2.75, 3.05) is 0 Å². The minimum Gasteiger partial charge on any atom is -0.456 e. The second-order valence-corrected chi connectivity index (χ2v) is 14.0. The van der Waals surface area contributed by atoms with E-state index < -0.39 is 0 Å². The van der Waals surface area contributed by atoms with Gasteiger partial charge in [0, 0.05) is 41.6 Å². The van der Waals surface area contributed by atoms with E-state index in [1.165, 1.54) is 0 Å². The van der Waals surface area contributed by atoms with Gasteiger partial charge in [0.2, 0.25) is 0 Å². The number of rotatable bonds is 6. The van der Waals surface area contributed by atoms with Crippen LogP contribution in [0.3, 0.4) is 0 Å². The Morgan fingerprint density at radius 1 is 0.400 bits per heavy atom. The number of imidazole rings is 1. The number of aromatic nitrogens is 4. The predicted molar refractivity (Wildman–Crippen MR) is 224 cm³/mol. The van der Waals surface area contributed by atoms with E-state index in [1.54, 1.807) is 16.2 Å². The average Bonchev–Trinajstić information content (AvgIpc) is 3.73. The summed E-state index contributed by atoms with van der Waals surface area (Å²) in [5, 5.41) is 2.19. The Morgan fingerprint density at radius 3 is 1.75 bits per heavy atom. The number of aryl methyl sites for hydroxylation is 2. The summed E-state index contributed by atoms with van der Waals surface area (Å²) in [4.78, 5) is 23.1. The van der Waals surface area contributed by atoms with Crippen LogP contribution in [0.15, 0.2) is 179 Å². The van der Waals surface area contributed by atoms with Crippen LogP contribution >= 0.6 is 0 Å². The fourth-order valence-corrected chi connectivity index (χ4v) is 7.65. The van der Waals surface area contributed by atoms with Crippen molar-refractivity contribution < 1.29 is 4.42 Å². The van der Waals surface area contributed by atoms with E-state index in [1.807, 2.05) is 49.5 Å². The number of para-hydroxylation sites is 1. The zero-order valence-corrected chi connectivity index (χ0v) is 30.3. The van der Waals surface area contributed by atoms with Gasteiger partial charge < -0.3 is 4.42 Å². The molecule has 7 aromatic carbocycles. The molecule has 6 heteroatoms. The topological polar surface area (TPSA) is 65.8 Å². The maximum absolute atomic E-state index is 12.7. The van der Waals surface area contributed by atoms with Gasteiger partial charge in [-0.05, 0) is 94.0 Å². The van der Waals surface area contributed by atoms with Crippen molar-refractivity contribution >= 4 is 33.0 Å². The Labute approximate surface area is 317 Å². The second-order valence-electron chi connectivity index (χ2n) is 14.0. The van der Waals surface area contributed by atoms with Crippen LogP contribution in [-0.2, 0) is 14.1 Å². The van der Waals surface area contributed by atoms with E-state index >= 15 is 0 Å². The molecule has 10 rings (SSSR count). The van der Waals surface area contributed by atoms with E-state index in [0.717, 1.165) is 94.4 Å². The molecule has 0 aliphatic rings. The number of hydrogen-bond donors (Lipinski definition) is 0. The normalized spacial score (nSPS) is 11.5. The molecule has 3 aromatic heterocycles. The second kappa shape index (κ2) is 13.0. The molecule has 0 N–H and O–H groups in total. The van der Waals surface area contributed by atoms with E-state index in [4.69, 9.17) is 14.4 Å². The molecule has 0 aliphatic heterocycles. The first-order chi connectivity index (χ1) is 27.0. The number of furan rings is 1. The molecule has 0 atom stereocenters. The molecule has 0 saturated carbocycles. The van der Waals surface area contributed by atoms with E-state index in [9.17, 15) is 4.79 Å². The fraction of sp³-hybridized carbons (Fsp3) is 0.0408. The summed E-state index contributed by atoms with van der Waals surface area (Å²) in [5.41, 5.74) is 14.5. The van der Waals surface area contributed by atoms with Gasteiger partial charge in [-0.25, -0.2) is 14.8 Å². The van der Waals surface area contributed by atoms with Crippen molar-refractivity contribution in [1.82, 2.24) is 19.1 Å². The van der Waals surface area contributed by atoms with Crippen LogP contribution in [0.25, 0.3) is 100 Å². The molecule has 262 valence electrons. The molecule has 55 heavy (non-hydrogen) atoms. The minimum absolute atomic E-state index is 0.0436. The van der Waals surface area contributed by atoms with Gasteiger partial charge in [-0.3, -0.25) is 9.13 Å². The van der Waals surface area contributed by atoms with Crippen molar-refractivity contribution in [2.45, 2.75) is 0 Å². The number of fused-ring (bicyclic) bond motifs is 4. The van der Waals surface area contributed by atoms with Crippen LogP contribution in [0.5, 0.6) is 0 Å². The zero-order chi connectivity index (χ0) is 37.0. The third kappa shape index (κ3) is 5.72. The third-order valence-electron chi connectivity index (χ3n) is 10.6. The maximum Gasteiger partial charge on any atom is 0.328 e. The Balaban J connectivity index is 1.15. The highest BCUT2D eigenvalue weighted by atomic mass is 16.3. The Hall–Kier alpha value is -7.31. The quantitative estimate of drug-likeness (QED) is 0.172. The molecule has 0 fully saturated rings. The monoisotopic (exact) mass is 710 g/mol. The molecule has 0 saturated heterocycles. The molecule has 0 aliphatic carbocycles. The molecular formula is C49H34N4O2. The fourth-order valence-electron chi connectivity index (χ4n) is 7.65. The molecular weight excluding hydrogens is 677 g/mol. The van der Waals surface area contributed by atoms with Crippen LogP contribution in [-0.4, -0.2) is 19.1 Å². The van der Waals surface area contributed by atoms with Gasteiger partial charge in [-0.15, -0.1) is 0 Å². The summed E-state index contributed by atoms with van der Waals surface area (Å²) >= 11 is 0. The largest absolute Gasteiger partial charge is 0.456 e. The van der Waals surface area contributed by atoms with Gasteiger partial charge >= 0.3 is 5.69 Å². The highest BCUT2D eigenvalue weighted by Gasteiger charge is 2.16. The molecule has 0 amide bonds. The van der Waals surface area contributed by atoms with Crippen LogP contribution in [0.4, 0.5) is 0 Å². The molecule has 0 radical (unpaired) electrons. The van der Waals surface area contributed by atoms with Crippen molar-refractivity contribution in [3.8, 4) is 67.3 Å². The van der Waals surface area contributed by atoms with Gasteiger partial charge in [-0.1, -0.05) is 109 Å². The van der Waals surface area contributed by atoms with Crippen molar-refractivity contribution in [3.63, 3.8) is 0 Å². The molecule has 0 spiro atoms. The summed E-state index contributed by atoms with van der Waals surface area (Å²) in [6, 6.07) is 58.6. The summed E-state index contributed by atoms with van der Waals surface area (Å²) in [6.07, 6.45) is 0. The molecule has 6 nitrogen and oxygen atoms in total. The summed E-state index contributed by atoms with van der Waals surface area (Å²) in [7, 11) is 3.62. The molecule has 0 unspecified atom stereocenters. The Kier molecular flexibility index (Phi) is 7.63. The van der Waals surface area contributed by atoms with Crippen LogP contribution in [0.1, 0.15) is 0 Å². The van der Waals surface area contributed by atoms with Gasteiger partial charge in [0.1, 0.15) is 11.2 Å². The van der Waals surface area contributed by atoms with Gasteiger partial charge in [0.15, 0.2) is 5.82 Å². The van der Waals surface area contributed by atoms with Crippen LogP contribution in [0.2, 0.25) is 0 Å². The number of nitrogens with zero attached hydrogens (tertiary/aromatic N) is 4. The lowest BCUT2D eigenvalue weighted by atomic mass is 9.93. The lowest BCUT2D eigenvalue weighted by Gasteiger charge is -2.14. The summed E-state index contributed by atoms with van der Waals surface area (Å²) in [6.45, 7) is 0. The molecule has 0 bridgehead atoms. The van der Waals surface area contributed by atoms with E-state index in [2.05, 4.69) is 127 Å². The molecule has 10 aromatic rings. The van der Waals surface area contributed by atoms with E-state index in [0.29, 0.717) is 5.82 Å². The smallest absolute Gasteiger partial charge is 0.328 e. The lowest BCUT2D eigenvalue weighted by Crippen LogP contribution is -2.19. The zero-order valence-electron chi connectivity index (χ0n) is 30.3. The number of hydrogen-bond acceptors (Lipinski definition) is 4. The van der Waals surface area contributed by atoms with Crippen molar-refractivity contribution in [2.24, 2.45) is 14.1 Å². The Bertz CT molecular complexity index is 3140. The maximum atomic E-state index is 12.7. The first kappa shape index (κ1) is 32.3. The Morgan fingerprint density at radius 2 is 0.945 bits per heavy atom. The van der Waals surface area contributed by atoms with Gasteiger partial charge in [0.25, 0.3) is 0 Å². The highest BCUT2D eigenvalue weighted by molar-refractivity contribution is 6.06. The minimum atomic E-state index is -0.0436. The first-order valence-corrected chi connectivity index (χ1v) is 18.3. The first-order valence-electron chi connectivity index (χ1n) is 18.3. The molecule has 3 heterocycles. The lowest BCUT2D eigenvalue weighted by molar-refractivity contribution is 0.669. The average molecular weight is 711 g/mol. The SMILES string of the molecule is Cn1c(=O)n(C)c2cc(-c3cccc(-c4cc(-c5cc(-c6ccccc6)cc(-c6ccc7oc8ccccc8c7c6)c5)nc(-c5ccccc5)n4)c3)ccc21. The van der Waals surface area contributed by atoms with Crippen molar-refractivity contribution in [1.29, 1.82) is 0 Å². The highest BCUT2D eigenvalue weighted by Crippen LogP contribution is 2.38. The summed E-state index contributed by atoms with van der Waals surface area (Å²) in [5.74, 6) is 0.650. The number of benzene rings is 7. The van der Waals surface area contributed by atoms with Crippen LogP contribution in [0, 0.1) is 0 Å². The van der Waals surface area contributed by atoms with E-state index in [-0.39, 0.29) is 5.69 Å². The standard InChI is InChI=1S/C49H34N4O2/c1-52-44-22-20-35(29-45(44)53(2)49(52)54)33-16-11-17-36(24-33)42-30-43(51-48(50-42)32-14-7-4-8-15-32)39-26-37(31-12-5-3-6-13-31)25-38(27-39)34-21-23-47-41(28-34)40-18-9-10-19-46(40)55-47/h3-30H,1-2H3. The van der Waals surface area contributed by atoms with Gasteiger partial charge in [0.05, 0.1) is 22.4 Å². The van der Waals surface area contributed by atoms with Gasteiger partial charge in [-0.2, -0.15) is 0 Å². The van der Waals surface area contributed by atoms with Crippen molar-refractivity contribution in [3.05, 3.63) is 180 Å². The third-order valence-corrected chi connectivity index (χ3v) is 10.6.